The van der Waals surface area contributed by atoms with Gasteiger partial charge in [-0.15, -0.1) is 0 Å². The molecule has 0 bridgehead atoms. The van der Waals surface area contributed by atoms with Crippen molar-refractivity contribution in [2.75, 3.05) is 0 Å². The predicted octanol–water partition coefficient (Wildman–Crippen LogP) is 2.80. The van der Waals surface area contributed by atoms with Crippen molar-refractivity contribution in [3.63, 3.8) is 0 Å². The summed E-state index contributed by atoms with van der Waals surface area (Å²) in [5, 5.41) is 0.831. The Kier molecular flexibility index (Phi) is 2.45. The molecule has 1 aliphatic carbocycles. The maximum absolute atomic E-state index is 5.99. The quantitative estimate of drug-likeness (QED) is 0.773. The Bertz CT molecular complexity index is 303. The van der Waals surface area contributed by atoms with Gasteiger partial charge in [-0.2, -0.15) is 0 Å². The Hall–Kier alpha value is -0.310. The van der Waals surface area contributed by atoms with Crippen molar-refractivity contribution in [2.45, 2.75) is 18.9 Å². The first-order valence-corrected chi connectivity index (χ1v) is 5.01. The monoisotopic (exact) mass is 216 g/mol. The molecule has 2 nitrogen and oxygen atoms in total. The molecule has 1 aromatic rings. The molecule has 1 atom stereocenters. The molecule has 70 valence electrons. The zero-order chi connectivity index (χ0) is 9.42. The van der Waals surface area contributed by atoms with Gasteiger partial charge in [0.05, 0.1) is 0 Å². The minimum Gasteiger partial charge on any atom is -0.324 e. The molecular weight excluding hydrogens is 207 g/mol. The first kappa shape index (κ1) is 9.25. The Morgan fingerprint density at radius 1 is 1.31 bits per heavy atom. The Morgan fingerprint density at radius 2 is 1.85 bits per heavy atom. The molecule has 0 aliphatic heterocycles. The van der Waals surface area contributed by atoms with Crippen LogP contribution in [0, 0.1) is 5.92 Å². The highest BCUT2D eigenvalue weighted by atomic mass is 35.5. The van der Waals surface area contributed by atoms with Crippen LogP contribution in [-0.2, 0) is 0 Å². The number of nitrogens with two attached hydrogens (primary N) is 1. The lowest BCUT2D eigenvalue weighted by molar-refractivity contribution is 0.632. The van der Waals surface area contributed by atoms with Crippen LogP contribution in [0.1, 0.15) is 24.4 Å². The molecule has 0 aromatic carbocycles. The molecule has 2 N–H and O–H groups in total. The highest BCUT2D eigenvalue weighted by molar-refractivity contribution is 6.32. The van der Waals surface area contributed by atoms with Crippen LogP contribution >= 0.6 is 23.2 Å². The van der Waals surface area contributed by atoms with Gasteiger partial charge in [0.15, 0.2) is 0 Å². The van der Waals surface area contributed by atoms with Crippen molar-refractivity contribution < 1.29 is 0 Å². The van der Waals surface area contributed by atoms with Gasteiger partial charge in [0, 0.05) is 6.04 Å². The van der Waals surface area contributed by atoms with E-state index < -0.39 is 0 Å². The van der Waals surface area contributed by atoms with E-state index in [0.717, 1.165) is 5.56 Å². The number of hydrogen-bond donors (Lipinski definition) is 1. The maximum Gasteiger partial charge on any atom is 0.131 e. The highest BCUT2D eigenvalue weighted by Gasteiger charge is 2.29. The van der Waals surface area contributed by atoms with E-state index in [-0.39, 0.29) is 6.04 Å². The van der Waals surface area contributed by atoms with Crippen molar-refractivity contribution in [2.24, 2.45) is 11.7 Å². The van der Waals surface area contributed by atoms with E-state index in [1.165, 1.54) is 12.8 Å². The predicted molar refractivity (Wildman–Crippen MR) is 53.9 cm³/mol. The SMILES string of the molecule is NC(c1cc(Cl)nc(Cl)c1)C1CC1. The average molecular weight is 217 g/mol. The third-order valence-corrected chi connectivity index (χ3v) is 2.69. The first-order valence-electron chi connectivity index (χ1n) is 4.25. The summed E-state index contributed by atoms with van der Waals surface area (Å²) in [5.74, 6) is 0.606. The molecule has 2 rings (SSSR count). The molecule has 0 radical (unpaired) electrons. The van der Waals surface area contributed by atoms with Gasteiger partial charge in [-0.05, 0) is 36.5 Å². The van der Waals surface area contributed by atoms with Gasteiger partial charge in [0.2, 0.25) is 0 Å². The second-order valence-corrected chi connectivity index (χ2v) is 4.18. The maximum atomic E-state index is 5.99. The van der Waals surface area contributed by atoms with E-state index in [9.17, 15) is 0 Å². The normalized spacial score (nSPS) is 18.7. The number of pyridine rings is 1. The Balaban J connectivity index is 2.27. The van der Waals surface area contributed by atoms with Crippen molar-refractivity contribution in [1.82, 2.24) is 4.98 Å². The molecule has 1 fully saturated rings. The van der Waals surface area contributed by atoms with Gasteiger partial charge in [-0.3, -0.25) is 0 Å². The summed E-state index contributed by atoms with van der Waals surface area (Å²) in [6, 6.07) is 3.64. The van der Waals surface area contributed by atoms with Gasteiger partial charge < -0.3 is 5.73 Å². The van der Waals surface area contributed by atoms with E-state index in [4.69, 9.17) is 28.9 Å². The number of rotatable bonds is 2. The minimum atomic E-state index is 0.0676. The molecule has 1 aromatic heterocycles. The molecule has 0 spiro atoms. The van der Waals surface area contributed by atoms with Crippen LogP contribution in [0.5, 0.6) is 0 Å². The highest BCUT2D eigenvalue weighted by Crippen LogP contribution is 2.40. The van der Waals surface area contributed by atoms with Crippen molar-refractivity contribution in [1.29, 1.82) is 0 Å². The number of hydrogen-bond acceptors (Lipinski definition) is 2. The van der Waals surface area contributed by atoms with Crippen LogP contribution in [0.4, 0.5) is 0 Å². The average Bonchev–Trinajstić information content (AvgIpc) is 2.83. The van der Waals surface area contributed by atoms with E-state index >= 15 is 0 Å². The summed E-state index contributed by atoms with van der Waals surface area (Å²) in [7, 11) is 0. The van der Waals surface area contributed by atoms with Crippen LogP contribution in [0.2, 0.25) is 10.3 Å². The summed E-state index contributed by atoms with van der Waals surface area (Å²) in [6.07, 6.45) is 2.41. The van der Waals surface area contributed by atoms with E-state index in [1.807, 2.05) is 0 Å². The van der Waals surface area contributed by atoms with Gasteiger partial charge in [0.25, 0.3) is 0 Å². The lowest BCUT2D eigenvalue weighted by atomic mass is 10.1. The summed E-state index contributed by atoms with van der Waals surface area (Å²) in [4.78, 5) is 3.87. The molecule has 4 heteroatoms. The molecule has 0 amide bonds. The van der Waals surface area contributed by atoms with Crippen molar-refractivity contribution >= 4 is 23.2 Å². The summed E-state index contributed by atoms with van der Waals surface area (Å²) in [5.41, 5.74) is 6.99. The van der Waals surface area contributed by atoms with E-state index in [1.54, 1.807) is 12.1 Å². The fraction of sp³-hybridized carbons (Fsp3) is 0.444. The molecule has 1 aliphatic rings. The Morgan fingerprint density at radius 3 is 2.31 bits per heavy atom. The molecular formula is C9H10Cl2N2. The topological polar surface area (TPSA) is 38.9 Å². The molecule has 1 unspecified atom stereocenters. The largest absolute Gasteiger partial charge is 0.324 e. The summed E-state index contributed by atoms with van der Waals surface area (Å²) >= 11 is 11.5. The third kappa shape index (κ3) is 2.13. The number of halogens is 2. The molecule has 1 saturated carbocycles. The van der Waals surface area contributed by atoms with Gasteiger partial charge >= 0.3 is 0 Å². The third-order valence-electron chi connectivity index (χ3n) is 2.30. The van der Waals surface area contributed by atoms with Crippen molar-refractivity contribution in [3.05, 3.63) is 28.0 Å². The van der Waals surface area contributed by atoms with Crippen LogP contribution in [0.3, 0.4) is 0 Å². The number of aromatic nitrogens is 1. The van der Waals surface area contributed by atoms with Crippen LogP contribution < -0.4 is 5.73 Å². The van der Waals surface area contributed by atoms with Gasteiger partial charge in [0.1, 0.15) is 10.3 Å². The van der Waals surface area contributed by atoms with Crippen LogP contribution in [-0.4, -0.2) is 4.98 Å². The van der Waals surface area contributed by atoms with Crippen LogP contribution in [0.25, 0.3) is 0 Å². The lowest BCUT2D eigenvalue weighted by Gasteiger charge is -2.10. The zero-order valence-corrected chi connectivity index (χ0v) is 8.52. The van der Waals surface area contributed by atoms with E-state index in [2.05, 4.69) is 4.98 Å². The fourth-order valence-corrected chi connectivity index (χ4v) is 1.88. The molecule has 13 heavy (non-hydrogen) atoms. The van der Waals surface area contributed by atoms with E-state index in [0.29, 0.717) is 16.2 Å². The van der Waals surface area contributed by atoms with Gasteiger partial charge in [-0.25, -0.2) is 4.98 Å². The minimum absolute atomic E-state index is 0.0676. The fourth-order valence-electron chi connectivity index (χ4n) is 1.40. The van der Waals surface area contributed by atoms with Gasteiger partial charge in [-0.1, -0.05) is 23.2 Å². The molecule has 1 heterocycles. The summed E-state index contributed by atoms with van der Waals surface area (Å²) < 4.78 is 0. The van der Waals surface area contributed by atoms with Crippen LogP contribution in [0.15, 0.2) is 12.1 Å². The Labute approximate surface area is 87.1 Å². The lowest BCUT2D eigenvalue weighted by Crippen LogP contribution is -2.12. The molecule has 0 saturated heterocycles. The second-order valence-electron chi connectivity index (χ2n) is 3.41. The van der Waals surface area contributed by atoms with Crippen molar-refractivity contribution in [3.8, 4) is 0 Å². The summed E-state index contributed by atoms with van der Waals surface area (Å²) in [6.45, 7) is 0. The zero-order valence-electron chi connectivity index (χ0n) is 7.00. The smallest absolute Gasteiger partial charge is 0.131 e. The number of nitrogens with zero attached hydrogens (tertiary/aromatic N) is 1. The standard InChI is InChI=1S/C9H10Cl2N2/c10-7-3-6(4-8(11)13-7)9(12)5-1-2-5/h3-5,9H,1-2,12H2. The second kappa shape index (κ2) is 3.45. The first-order chi connectivity index (χ1) is 6.16.